The Kier molecular flexibility index (Phi) is 8.48. The molecular formula is C28H28ClN3O6. The fourth-order valence-corrected chi connectivity index (χ4v) is 4.55. The zero-order chi connectivity index (χ0) is 27.2. The molecule has 0 radical (unpaired) electrons. The Morgan fingerprint density at radius 1 is 0.789 bits per heavy atom. The minimum atomic E-state index is -1.68. The minimum Gasteiger partial charge on any atom is -0.448 e. The highest BCUT2D eigenvalue weighted by atomic mass is 35.5. The van der Waals surface area contributed by atoms with Crippen molar-refractivity contribution in [2.45, 2.75) is 26.1 Å². The highest BCUT2D eigenvalue weighted by molar-refractivity contribution is 6.30. The number of esters is 2. The van der Waals surface area contributed by atoms with Crippen LogP contribution in [0.3, 0.4) is 0 Å². The van der Waals surface area contributed by atoms with Gasteiger partial charge in [0.1, 0.15) is 0 Å². The minimum absolute atomic E-state index is 0.308. The molecule has 1 heterocycles. The van der Waals surface area contributed by atoms with Gasteiger partial charge in [-0.15, -0.1) is 0 Å². The molecule has 0 saturated carbocycles. The van der Waals surface area contributed by atoms with Crippen molar-refractivity contribution in [3.63, 3.8) is 0 Å². The summed E-state index contributed by atoms with van der Waals surface area (Å²) in [6.45, 7) is 3.87. The number of hydrogen-bond acceptors (Lipinski definition) is 7. The maximum atomic E-state index is 13.5. The third kappa shape index (κ3) is 6.60. The van der Waals surface area contributed by atoms with Gasteiger partial charge >= 0.3 is 11.9 Å². The molecule has 0 aromatic heterocycles. The van der Waals surface area contributed by atoms with Crippen LogP contribution < -0.4 is 10.2 Å². The van der Waals surface area contributed by atoms with Gasteiger partial charge < -0.3 is 24.6 Å². The van der Waals surface area contributed by atoms with E-state index in [2.05, 4.69) is 10.2 Å². The Labute approximate surface area is 225 Å². The Bertz CT molecular complexity index is 1360. The molecule has 0 aliphatic carbocycles. The van der Waals surface area contributed by atoms with Crippen molar-refractivity contribution < 1.29 is 28.7 Å². The summed E-state index contributed by atoms with van der Waals surface area (Å²) in [5.41, 5.74) is 1.36. The summed E-state index contributed by atoms with van der Waals surface area (Å²) in [4.78, 5) is 54.2. The number of nitrogens with zero attached hydrogens (tertiary/aromatic N) is 2. The second-order valence-electron chi connectivity index (χ2n) is 8.90. The van der Waals surface area contributed by atoms with E-state index < -0.39 is 36.0 Å². The quantitative estimate of drug-likeness (QED) is 0.459. The molecule has 1 aliphatic rings. The van der Waals surface area contributed by atoms with Crippen LogP contribution >= 0.6 is 11.6 Å². The smallest absolute Gasteiger partial charge is 0.303 e. The fourth-order valence-electron chi connectivity index (χ4n) is 4.37. The first-order valence-corrected chi connectivity index (χ1v) is 12.5. The molecule has 3 aromatic carbocycles. The molecule has 4 rings (SSSR count). The summed E-state index contributed by atoms with van der Waals surface area (Å²) in [5, 5.41) is 5.16. The molecule has 10 heteroatoms. The normalized spacial score (nSPS) is 14.9. The van der Waals surface area contributed by atoms with Crippen molar-refractivity contribution >= 4 is 57.5 Å². The molecule has 198 valence electrons. The maximum Gasteiger partial charge on any atom is 0.303 e. The summed E-state index contributed by atoms with van der Waals surface area (Å²) in [6, 6.07) is 20.3. The van der Waals surface area contributed by atoms with Gasteiger partial charge in [-0.25, -0.2) is 0 Å². The molecule has 38 heavy (non-hydrogen) atoms. The summed E-state index contributed by atoms with van der Waals surface area (Å²) >= 11 is 6.11. The Balaban J connectivity index is 1.52. The second-order valence-corrected chi connectivity index (χ2v) is 9.34. The zero-order valence-corrected chi connectivity index (χ0v) is 21.8. The summed E-state index contributed by atoms with van der Waals surface area (Å²) in [6.07, 6.45) is -3.32. The molecule has 1 saturated heterocycles. The summed E-state index contributed by atoms with van der Waals surface area (Å²) in [5.74, 6) is -2.98. The van der Waals surface area contributed by atoms with E-state index in [1.807, 2.05) is 48.5 Å². The van der Waals surface area contributed by atoms with E-state index in [4.69, 9.17) is 21.1 Å². The molecule has 3 aromatic rings. The van der Waals surface area contributed by atoms with Gasteiger partial charge in [-0.3, -0.25) is 19.2 Å². The molecule has 0 spiro atoms. The molecule has 9 nitrogen and oxygen atoms in total. The predicted octanol–water partition coefficient (Wildman–Crippen LogP) is 3.64. The number of rotatable bonds is 7. The number of carbonyl (C=O) groups excluding carboxylic acids is 4. The average Bonchev–Trinajstić information content (AvgIpc) is 2.90. The van der Waals surface area contributed by atoms with Crippen molar-refractivity contribution in [2.75, 3.05) is 36.4 Å². The lowest BCUT2D eigenvalue weighted by Crippen LogP contribution is -2.57. The highest BCUT2D eigenvalue weighted by Gasteiger charge is 2.42. The largest absolute Gasteiger partial charge is 0.448 e. The predicted molar refractivity (Wildman–Crippen MR) is 144 cm³/mol. The van der Waals surface area contributed by atoms with E-state index >= 15 is 0 Å². The number of amides is 2. The van der Waals surface area contributed by atoms with Crippen molar-refractivity contribution in [1.82, 2.24) is 4.90 Å². The van der Waals surface area contributed by atoms with Crippen LogP contribution in [0.25, 0.3) is 10.8 Å². The van der Waals surface area contributed by atoms with Gasteiger partial charge in [0.2, 0.25) is 12.2 Å². The van der Waals surface area contributed by atoms with Crippen molar-refractivity contribution in [1.29, 1.82) is 0 Å². The first kappa shape index (κ1) is 26.9. The van der Waals surface area contributed by atoms with Crippen molar-refractivity contribution in [2.24, 2.45) is 0 Å². The van der Waals surface area contributed by atoms with Crippen LogP contribution in [0.15, 0.2) is 66.7 Å². The van der Waals surface area contributed by atoms with Crippen LogP contribution in [0.1, 0.15) is 13.8 Å². The number of nitrogens with one attached hydrogen (secondary N) is 1. The zero-order valence-electron chi connectivity index (χ0n) is 21.1. The molecule has 1 N–H and O–H groups in total. The van der Waals surface area contributed by atoms with E-state index in [0.29, 0.717) is 36.9 Å². The van der Waals surface area contributed by atoms with E-state index in [-0.39, 0.29) is 0 Å². The number of benzene rings is 3. The van der Waals surface area contributed by atoms with Gasteiger partial charge in [-0.05, 0) is 41.1 Å². The summed E-state index contributed by atoms with van der Waals surface area (Å²) < 4.78 is 10.5. The number of halogens is 1. The van der Waals surface area contributed by atoms with Crippen LogP contribution in [-0.2, 0) is 28.7 Å². The van der Waals surface area contributed by atoms with Gasteiger partial charge in [-0.1, -0.05) is 48.0 Å². The molecule has 0 unspecified atom stereocenters. The first-order chi connectivity index (χ1) is 18.2. The van der Waals surface area contributed by atoms with Crippen LogP contribution in [0.5, 0.6) is 0 Å². The molecule has 1 fully saturated rings. The van der Waals surface area contributed by atoms with E-state index in [0.717, 1.165) is 30.3 Å². The van der Waals surface area contributed by atoms with Crippen LogP contribution in [0.4, 0.5) is 11.4 Å². The SMILES string of the molecule is CC(=O)O[C@@H](C(=O)Nc1ccc2ccccc2c1)[C@@H](OC(C)=O)C(=O)N1CCN(c2cccc(Cl)c2)CC1. The topological polar surface area (TPSA) is 105 Å². The lowest BCUT2D eigenvalue weighted by Gasteiger charge is -2.38. The van der Waals surface area contributed by atoms with Gasteiger partial charge in [-0.2, -0.15) is 0 Å². The second kappa shape index (κ2) is 12.0. The standard InChI is InChI=1S/C28H28ClN3O6/c1-18(33)37-25(27(35)30-23-11-10-20-6-3-4-7-21(20)16-23)26(38-19(2)34)28(36)32-14-12-31(13-15-32)24-9-5-8-22(29)17-24/h3-11,16-17,25-26H,12-15H2,1-2H3,(H,30,35)/t25-,26-/m1/s1. The number of fused-ring (bicyclic) bond motifs is 1. The van der Waals surface area contributed by atoms with Gasteiger partial charge in [0.05, 0.1) is 0 Å². The Hall–Kier alpha value is -4.11. The lowest BCUT2D eigenvalue weighted by molar-refractivity contribution is -0.176. The monoisotopic (exact) mass is 537 g/mol. The molecule has 0 bridgehead atoms. The highest BCUT2D eigenvalue weighted by Crippen LogP contribution is 2.23. The number of piperazine rings is 1. The third-order valence-electron chi connectivity index (χ3n) is 6.14. The van der Waals surface area contributed by atoms with Gasteiger partial charge in [0.15, 0.2) is 0 Å². The maximum absolute atomic E-state index is 13.5. The fraction of sp³-hybridized carbons (Fsp3) is 0.286. The Morgan fingerprint density at radius 3 is 2.11 bits per heavy atom. The van der Waals surface area contributed by atoms with Gasteiger partial charge in [0, 0.05) is 56.4 Å². The molecule has 1 aliphatic heterocycles. The van der Waals surface area contributed by atoms with Gasteiger partial charge in [0.25, 0.3) is 11.8 Å². The summed E-state index contributed by atoms with van der Waals surface area (Å²) in [7, 11) is 0. The van der Waals surface area contributed by atoms with E-state index in [1.165, 1.54) is 4.90 Å². The van der Waals surface area contributed by atoms with Crippen LogP contribution in [0.2, 0.25) is 5.02 Å². The molecule has 2 amide bonds. The number of hydrogen-bond donors (Lipinski definition) is 1. The van der Waals surface area contributed by atoms with Crippen LogP contribution in [-0.4, -0.2) is 67.0 Å². The molecule has 2 atom stereocenters. The van der Waals surface area contributed by atoms with E-state index in [1.54, 1.807) is 18.2 Å². The Morgan fingerprint density at radius 2 is 1.45 bits per heavy atom. The third-order valence-corrected chi connectivity index (χ3v) is 6.38. The molecular weight excluding hydrogens is 510 g/mol. The number of ether oxygens (including phenoxy) is 2. The number of anilines is 2. The van der Waals surface area contributed by atoms with E-state index in [9.17, 15) is 19.2 Å². The van der Waals surface area contributed by atoms with Crippen molar-refractivity contribution in [3.05, 3.63) is 71.8 Å². The van der Waals surface area contributed by atoms with Crippen LogP contribution in [0, 0.1) is 0 Å². The number of carbonyl (C=O) groups is 4. The lowest BCUT2D eigenvalue weighted by atomic mass is 10.1. The first-order valence-electron chi connectivity index (χ1n) is 12.1. The average molecular weight is 538 g/mol. The van der Waals surface area contributed by atoms with Crippen molar-refractivity contribution in [3.8, 4) is 0 Å².